The zero-order valence-corrected chi connectivity index (χ0v) is 25.8. The number of halogens is 3. The molecule has 42 heavy (non-hydrogen) atoms. The maximum absolute atomic E-state index is 16.1. The molecular formula is C32H34BrClFN5O2. The average molecular weight is 655 g/mol. The first-order chi connectivity index (χ1) is 20.5. The molecule has 0 N–H and O–H groups in total. The molecule has 1 aliphatic heterocycles. The smallest absolute Gasteiger partial charge is 0.188 e. The number of aromatic nitrogens is 3. The first-order valence-corrected chi connectivity index (χ1v) is 15.7. The predicted octanol–water partition coefficient (Wildman–Crippen LogP) is 6.40. The van der Waals surface area contributed by atoms with E-state index in [1.54, 1.807) is 18.5 Å². The molecule has 0 amide bonds. The maximum Gasteiger partial charge on any atom is 0.188 e. The lowest BCUT2D eigenvalue weighted by atomic mass is 9.95. The van der Waals surface area contributed by atoms with Gasteiger partial charge in [-0.15, -0.1) is 0 Å². The zero-order valence-electron chi connectivity index (χ0n) is 23.4. The standard InChI is InChI=1S/C32H34BrClFN5O2/c33-24-5-4-23(28(34)17-24)16-27-26(30(41)20-42-19-22-2-3-22)18-29-32(31(27)35)37-21-40(29)11-1-10-38-12-14-39(15-13-38)25-6-8-36-9-7-25/h4-9,17-18,21-22H,1-3,10-16,19-20H2. The van der Waals surface area contributed by atoms with E-state index in [-0.39, 0.29) is 24.3 Å². The highest BCUT2D eigenvalue weighted by molar-refractivity contribution is 9.10. The molecule has 220 valence electrons. The van der Waals surface area contributed by atoms with Gasteiger partial charge in [0.25, 0.3) is 0 Å². The summed E-state index contributed by atoms with van der Waals surface area (Å²) in [7, 11) is 0. The lowest BCUT2D eigenvalue weighted by Crippen LogP contribution is -2.46. The minimum atomic E-state index is -0.469. The van der Waals surface area contributed by atoms with Gasteiger partial charge in [-0.05, 0) is 67.6 Å². The van der Waals surface area contributed by atoms with Gasteiger partial charge in [-0.3, -0.25) is 14.7 Å². The van der Waals surface area contributed by atoms with E-state index in [0.29, 0.717) is 40.7 Å². The zero-order chi connectivity index (χ0) is 29.1. The molecule has 2 fully saturated rings. The van der Waals surface area contributed by atoms with E-state index in [9.17, 15) is 4.79 Å². The largest absolute Gasteiger partial charge is 0.373 e. The number of imidazole rings is 1. The van der Waals surface area contributed by atoms with Crippen LogP contribution in [0.1, 0.15) is 40.7 Å². The second-order valence-corrected chi connectivity index (χ2v) is 12.5. The van der Waals surface area contributed by atoms with Gasteiger partial charge in [-0.25, -0.2) is 9.37 Å². The van der Waals surface area contributed by atoms with Gasteiger partial charge in [0.15, 0.2) is 11.6 Å². The Morgan fingerprint density at radius 2 is 1.86 bits per heavy atom. The van der Waals surface area contributed by atoms with Gasteiger partial charge in [-0.1, -0.05) is 33.6 Å². The van der Waals surface area contributed by atoms with Gasteiger partial charge < -0.3 is 14.2 Å². The first-order valence-electron chi connectivity index (χ1n) is 14.5. The van der Waals surface area contributed by atoms with Crippen LogP contribution >= 0.6 is 27.5 Å². The third-order valence-electron chi connectivity index (χ3n) is 8.20. The Labute approximate surface area is 258 Å². The molecule has 7 nitrogen and oxygen atoms in total. The number of hydrogen-bond acceptors (Lipinski definition) is 6. The predicted molar refractivity (Wildman–Crippen MR) is 167 cm³/mol. The fraction of sp³-hybridized carbons (Fsp3) is 0.406. The van der Waals surface area contributed by atoms with Crippen molar-refractivity contribution >= 4 is 50.0 Å². The summed E-state index contributed by atoms with van der Waals surface area (Å²) in [5, 5.41) is 0.513. The highest BCUT2D eigenvalue weighted by Crippen LogP contribution is 2.31. The fourth-order valence-corrected chi connectivity index (χ4v) is 6.32. The number of piperazine rings is 1. The molecule has 0 bridgehead atoms. The summed E-state index contributed by atoms with van der Waals surface area (Å²) in [6.45, 7) is 6.05. The average Bonchev–Trinajstić information content (AvgIpc) is 3.74. The molecule has 1 saturated carbocycles. The SMILES string of the molecule is O=C(COCC1CC1)c1cc2c(ncn2CCCN2CCN(c3ccncc3)CC2)c(F)c1Cc1ccc(Br)cc1Cl. The van der Waals surface area contributed by atoms with Crippen molar-refractivity contribution in [1.82, 2.24) is 19.4 Å². The Hall–Kier alpha value is -2.85. The Morgan fingerprint density at radius 1 is 1.07 bits per heavy atom. The van der Waals surface area contributed by atoms with Crippen LogP contribution in [0, 0.1) is 11.7 Å². The van der Waals surface area contributed by atoms with E-state index in [0.717, 1.165) is 62.0 Å². The van der Waals surface area contributed by atoms with Gasteiger partial charge in [0.1, 0.15) is 12.1 Å². The van der Waals surface area contributed by atoms with E-state index >= 15 is 4.39 Å². The summed E-state index contributed by atoms with van der Waals surface area (Å²) in [6.07, 6.45) is 8.72. The maximum atomic E-state index is 16.1. The first kappa shape index (κ1) is 29.2. The van der Waals surface area contributed by atoms with Crippen LogP contribution in [0.15, 0.2) is 59.6 Å². The van der Waals surface area contributed by atoms with Crippen molar-refractivity contribution in [2.75, 3.05) is 50.8 Å². The van der Waals surface area contributed by atoms with Crippen molar-refractivity contribution in [3.63, 3.8) is 0 Å². The van der Waals surface area contributed by atoms with E-state index in [1.165, 1.54) is 5.69 Å². The summed E-state index contributed by atoms with van der Waals surface area (Å²) in [4.78, 5) is 26.8. The second kappa shape index (κ2) is 13.2. The number of pyridine rings is 1. The lowest BCUT2D eigenvalue weighted by Gasteiger charge is -2.36. The molecule has 0 spiro atoms. The Bertz CT molecular complexity index is 1550. The summed E-state index contributed by atoms with van der Waals surface area (Å²) in [5.41, 5.74) is 3.51. The molecule has 6 rings (SSSR count). The van der Waals surface area contributed by atoms with Crippen LogP contribution < -0.4 is 4.90 Å². The number of benzene rings is 2. The number of aryl methyl sites for hydroxylation is 1. The molecule has 0 atom stereocenters. The number of rotatable bonds is 12. The minimum absolute atomic E-state index is 0.0673. The van der Waals surface area contributed by atoms with Crippen LogP contribution in [0.5, 0.6) is 0 Å². The summed E-state index contributed by atoms with van der Waals surface area (Å²) in [5.74, 6) is -0.152. The summed E-state index contributed by atoms with van der Waals surface area (Å²) < 4.78 is 24.6. The number of ether oxygens (including phenoxy) is 1. The van der Waals surface area contributed by atoms with Gasteiger partial charge in [0.05, 0.1) is 18.5 Å². The monoisotopic (exact) mass is 653 g/mol. The van der Waals surface area contributed by atoms with E-state index in [1.807, 2.05) is 29.1 Å². The van der Waals surface area contributed by atoms with E-state index in [2.05, 4.69) is 47.8 Å². The van der Waals surface area contributed by atoms with Crippen LogP contribution in [0.2, 0.25) is 5.02 Å². The third kappa shape index (κ3) is 6.86. The lowest BCUT2D eigenvalue weighted by molar-refractivity contribution is 0.0738. The number of ketones is 1. The van der Waals surface area contributed by atoms with Crippen LogP contribution in [0.4, 0.5) is 10.1 Å². The highest BCUT2D eigenvalue weighted by Gasteiger charge is 2.25. The van der Waals surface area contributed by atoms with Crippen molar-refractivity contribution in [2.24, 2.45) is 5.92 Å². The Balaban J connectivity index is 1.17. The van der Waals surface area contributed by atoms with Crippen LogP contribution in [0.25, 0.3) is 11.0 Å². The molecule has 1 aliphatic carbocycles. The second-order valence-electron chi connectivity index (χ2n) is 11.2. The summed E-state index contributed by atoms with van der Waals surface area (Å²) >= 11 is 9.90. The molecule has 0 unspecified atom stereocenters. The van der Waals surface area contributed by atoms with Gasteiger partial charge in [0.2, 0.25) is 0 Å². The molecule has 10 heteroatoms. The van der Waals surface area contributed by atoms with Crippen molar-refractivity contribution < 1.29 is 13.9 Å². The molecular weight excluding hydrogens is 621 g/mol. The van der Waals surface area contributed by atoms with Crippen molar-refractivity contribution in [3.8, 4) is 0 Å². The minimum Gasteiger partial charge on any atom is -0.373 e. The molecule has 4 aromatic rings. The molecule has 2 aliphatic rings. The van der Waals surface area contributed by atoms with E-state index < -0.39 is 5.82 Å². The van der Waals surface area contributed by atoms with E-state index in [4.69, 9.17) is 16.3 Å². The molecule has 1 saturated heterocycles. The van der Waals surface area contributed by atoms with Crippen molar-refractivity contribution in [3.05, 3.63) is 87.1 Å². The number of fused-ring (bicyclic) bond motifs is 1. The quantitative estimate of drug-likeness (QED) is 0.165. The van der Waals surface area contributed by atoms with Crippen molar-refractivity contribution in [2.45, 2.75) is 32.2 Å². The van der Waals surface area contributed by atoms with Gasteiger partial charge >= 0.3 is 0 Å². The fourth-order valence-electron chi connectivity index (χ4n) is 5.58. The molecule has 2 aromatic heterocycles. The normalized spacial score (nSPS) is 15.9. The Kier molecular flexibility index (Phi) is 9.19. The van der Waals surface area contributed by atoms with Gasteiger partial charge in [-0.2, -0.15) is 0 Å². The van der Waals surface area contributed by atoms with Crippen molar-refractivity contribution in [1.29, 1.82) is 0 Å². The third-order valence-corrected chi connectivity index (χ3v) is 9.04. The number of anilines is 1. The van der Waals surface area contributed by atoms with Crippen LogP contribution in [0.3, 0.4) is 0 Å². The topological polar surface area (TPSA) is 63.5 Å². The number of hydrogen-bond donors (Lipinski definition) is 0. The molecule has 2 aromatic carbocycles. The molecule has 3 heterocycles. The van der Waals surface area contributed by atoms with Crippen LogP contribution in [-0.2, 0) is 17.7 Å². The number of Topliss-reactive ketones (excluding diaryl/α,β-unsaturated/α-hetero) is 1. The molecule has 0 radical (unpaired) electrons. The highest BCUT2D eigenvalue weighted by atomic mass is 79.9. The van der Waals surface area contributed by atoms with Gasteiger partial charge in [0, 0.05) is 77.8 Å². The Morgan fingerprint density at radius 3 is 2.60 bits per heavy atom. The summed E-state index contributed by atoms with van der Waals surface area (Å²) in [6, 6.07) is 11.4. The van der Waals surface area contributed by atoms with Crippen LogP contribution in [-0.4, -0.2) is 71.2 Å². The number of nitrogens with zero attached hydrogens (tertiary/aromatic N) is 5. The number of carbonyl (C=O) groups excluding carboxylic acids is 1. The number of carbonyl (C=O) groups is 1.